The minimum Gasteiger partial charge on any atom is -0.310 e. The minimum absolute atomic E-state index is 0.114. The molecule has 0 amide bonds. The molecule has 3 nitrogen and oxygen atoms in total. The van der Waals surface area contributed by atoms with E-state index >= 15 is 0 Å². The van der Waals surface area contributed by atoms with Gasteiger partial charge in [-0.2, -0.15) is 0 Å². The fourth-order valence-electron chi connectivity index (χ4n) is 1.67. The predicted molar refractivity (Wildman–Crippen MR) is 60.8 cm³/mol. The van der Waals surface area contributed by atoms with E-state index in [0.29, 0.717) is 30.4 Å². The molecule has 0 spiro atoms. The van der Waals surface area contributed by atoms with Gasteiger partial charge in [0.05, 0.1) is 0 Å². The lowest BCUT2D eigenvalue weighted by Crippen LogP contribution is -2.18. The first-order chi connectivity index (χ1) is 8.20. The molecule has 1 fully saturated rings. The highest BCUT2D eigenvalue weighted by atomic mass is 19.3. The SMILES string of the molecule is CCCc1ncc(CNC2CC2)c(C(F)F)n1. The summed E-state index contributed by atoms with van der Waals surface area (Å²) in [4.78, 5) is 8.08. The van der Waals surface area contributed by atoms with E-state index in [-0.39, 0.29) is 5.69 Å². The van der Waals surface area contributed by atoms with Gasteiger partial charge >= 0.3 is 0 Å². The molecule has 1 aromatic heterocycles. The molecule has 0 saturated heterocycles. The average molecular weight is 241 g/mol. The first kappa shape index (κ1) is 12.4. The fraction of sp³-hybridized carbons (Fsp3) is 0.667. The Morgan fingerprint density at radius 1 is 1.47 bits per heavy atom. The van der Waals surface area contributed by atoms with Crippen LogP contribution in [0.5, 0.6) is 0 Å². The van der Waals surface area contributed by atoms with Crippen LogP contribution in [-0.4, -0.2) is 16.0 Å². The van der Waals surface area contributed by atoms with Crippen molar-refractivity contribution in [3.63, 3.8) is 0 Å². The van der Waals surface area contributed by atoms with Gasteiger partial charge in [0, 0.05) is 30.8 Å². The number of aryl methyl sites for hydroxylation is 1. The number of nitrogens with one attached hydrogen (secondary N) is 1. The molecular weight excluding hydrogens is 224 g/mol. The van der Waals surface area contributed by atoms with Gasteiger partial charge in [-0.1, -0.05) is 6.92 Å². The molecule has 1 aliphatic carbocycles. The van der Waals surface area contributed by atoms with E-state index in [1.165, 1.54) is 6.20 Å². The number of hydrogen-bond donors (Lipinski definition) is 1. The molecular formula is C12H17F2N3. The average Bonchev–Trinajstić information content (AvgIpc) is 3.11. The Morgan fingerprint density at radius 3 is 2.82 bits per heavy atom. The lowest BCUT2D eigenvalue weighted by Gasteiger charge is -2.09. The Labute approximate surface area is 99.7 Å². The Kier molecular flexibility index (Phi) is 3.99. The number of hydrogen-bond acceptors (Lipinski definition) is 3. The van der Waals surface area contributed by atoms with Crippen LogP contribution in [0.2, 0.25) is 0 Å². The Bertz CT molecular complexity index is 378. The van der Waals surface area contributed by atoms with Crippen LogP contribution >= 0.6 is 0 Å². The van der Waals surface area contributed by atoms with Gasteiger partial charge < -0.3 is 5.32 Å². The predicted octanol–water partition coefficient (Wildman–Crippen LogP) is 2.62. The second-order valence-corrected chi connectivity index (χ2v) is 4.40. The lowest BCUT2D eigenvalue weighted by molar-refractivity contribution is 0.144. The van der Waals surface area contributed by atoms with Gasteiger partial charge in [-0.3, -0.25) is 0 Å². The monoisotopic (exact) mass is 241 g/mol. The zero-order chi connectivity index (χ0) is 12.3. The maximum absolute atomic E-state index is 12.9. The molecule has 1 heterocycles. The summed E-state index contributed by atoms with van der Waals surface area (Å²) in [5, 5.41) is 3.21. The highest BCUT2D eigenvalue weighted by Gasteiger charge is 2.22. The van der Waals surface area contributed by atoms with Crippen molar-refractivity contribution < 1.29 is 8.78 Å². The number of rotatable bonds is 6. The van der Waals surface area contributed by atoms with Crippen molar-refractivity contribution in [2.75, 3.05) is 0 Å². The first-order valence-corrected chi connectivity index (χ1v) is 6.07. The highest BCUT2D eigenvalue weighted by molar-refractivity contribution is 5.19. The smallest absolute Gasteiger partial charge is 0.280 e. The van der Waals surface area contributed by atoms with E-state index < -0.39 is 6.43 Å². The largest absolute Gasteiger partial charge is 0.310 e. The summed E-state index contributed by atoms with van der Waals surface area (Å²) in [7, 11) is 0. The molecule has 0 aromatic carbocycles. The third-order valence-electron chi connectivity index (χ3n) is 2.79. The molecule has 2 rings (SSSR count). The minimum atomic E-state index is -2.52. The van der Waals surface area contributed by atoms with Gasteiger partial charge in [-0.25, -0.2) is 18.7 Å². The molecule has 17 heavy (non-hydrogen) atoms. The molecule has 1 N–H and O–H groups in total. The molecule has 5 heteroatoms. The summed E-state index contributed by atoms with van der Waals surface area (Å²) in [6.07, 6.45) is 2.80. The van der Waals surface area contributed by atoms with Crippen molar-refractivity contribution in [3.05, 3.63) is 23.3 Å². The summed E-state index contributed by atoms with van der Waals surface area (Å²) in [5.74, 6) is 0.512. The Balaban J connectivity index is 2.11. The van der Waals surface area contributed by atoms with Crippen LogP contribution in [-0.2, 0) is 13.0 Å². The zero-order valence-electron chi connectivity index (χ0n) is 9.92. The maximum Gasteiger partial charge on any atom is 0.280 e. The van der Waals surface area contributed by atoms with E-state index in [1.54, 1.807) is 0 Å². The van der Waals surface area contributed by atoms with E-state index in [0.717, 1.165) is 19.3 Å². The fourth-order valence-corrected chi connectivity index (χ4v) is 1.67. The molecule has 0 unspecified atom stereocenters. The summed E-state index contributed by atoms with van der Waals surface area (Å²) in [6.45, 7) is 2.42. The van der Waals surface area contributed by atoms with Gasteiger partial charge in [0.2, 0.25) is 0 Å². The molecule has 0 radical (unpaired) electrons. The van der Waals surface area contributed by atoms with Crippen LogP contribution in [0.25, 0.3) is 0 Å². The summed E-state index contributed by atoms with van der Waals surface area (Å²) < 4.78 is 25.7. The van der Waals surface area contributed by atoms with Gasteiger partial charge in [0.1, 0.15) is 11.5 Å². The van der Waals surface area contributed by atoms with E-state index in [4.69, 9.17) is 0 Å². The van der Waals surface area contributed by atoms with Gasteiger partial charge in [0.15, 0.2) is 0 Å². The number of halogens is 2. The number of nitrogens with zero attached hydrogens (tertiary/aromatic N) is 2. The molecule has 0 aliphatic heterocycles. The quantitative estimate of drug-likeness (QED) is 0.832. The number of alkyl halides is 2. The molecule has 1 saturated carbocycles. The molecule has 1 aliphatic rings. The summed E-state index contributed by atoms with van der Waals surface area (Å²) in [6, 6.07) is 0.496. The van der Waals surface area contributed by atoms with Crippen LogP contribution in [0.15, 0.2) is 6.20 Å². The third kappa shape index (κ3) is 3.43. The van der Waals surface area contributed by atoms with Crippen molar-refractivity contribution in [2.24, 2.45) is 0 Å². The Hall–Kier alpha value is -1.10. The van der Waals surface area contributed by atoms with Crippen LogP contribution in [0.4, 0.5) is 8.78 Å². The second kappa shape index (κ2) is 5.49. The third-order valence-corrected chi connectivity index (χ3v) is 2.79. The van der Waals surface area contributed by atoms with E-state index in [1.807, 2.05) is 6.92 Å². The molecule has 94 valence electrons. The normalized spacial score (nSPS) is 15.5. The van der Waals surface area contributed by atoms with Crippen molar-refractivity contribution in [1.29, 1.82) is 0 Å². The van der Waals surface area contributed by atoms with Gasteiger partial charge in [-0.15, -0.1) is 0 Å². The molecule has 1 aromatic rings. The van der Waals surface area contributed by atoms with Crippen molar-refractivity contribution in [2.45, 2.75) is 51.6 Å². The first-order valence-electron chi connectivity index (χ1n) is 6.07. The summed E-state index contributed by atoms with van der Waals surface area (Å²) >= 11 is 0. The van der Waals surface area contributed by atoms with Crippen LogP contribution < -0.4 is 5.32 Å². The van der Waals surface area contributed by atoms with Crippen molar-refractivity contribution >= 4 is 0 Å². The maximum atomic E-state index is 12.9. The van der Waals surface area contributed by atoms with Crippen LogP contribution in [0.3, 0.4) is 0 Å². The van der Waals surface area contributed by atoms with Crippen LogP contribution in [0, 0.1) is 0 Å². The highest BCUT2D eigenvalue weighted by Crippen LogP contribution is 2.23. The van der Waals surface area contributed by atoms with E-state index in [2.05, 4.69) is 15.3 Å². The topological polar surface area (TPSA) is 37.8 Å². The van der Waals surface area contributed by atoms with Gasteiger partial charge in [-0.05, 0) is 19.3 Å². The van der Waals surface area contributed by atoms with Gasteiger partial charge in [0.25, 0.3) is 6.43 Å². The Morgan fingerprint density at radius 2 is 2.24 bits per heavy atom. The van der Waals surface area contributed by atoms with Crippen molar-refractivity contribution in [1.82, 2.24) is 15.3 Å². The van der Waals surface area contributed by atoms with Crippen molar-refractivity contribution in [3.8, 4) is 0 Å². The molecule has 0 bridgehead atoms. The van der Waals surface area contributed by atoms with Crippen LogP contribution in [0.1, 0.15) is 49.7 Å². The molecule has 0 atom stereocenters. The van der Waals surface area contributed by atoms with E-state index in [9.17, 15) is 8.78 Å². The number of aromatic nitrogens is 2. The zero-order valence-corrected chi connectivity index (χ0v) is 9.92. The standard InChI is InChI=1S/C12H17F2N3/c1-2-3-10-16-7-8(6-15-9-4-5-9)11(17-10)12(13)14/h7,9,12,15H,2-6H2,1H3. The second-order valence-electron chi connectivity index (χ2n) is 4.40. The summed E-state index contributed by atoms with van der Waals surface area (Å²) in [5.41, 5.74) is 0.406. The lowest BCUT2D eigenvalue weighted by atomic mass is 10.2.